The first kappa shape index (κ1) is 15.9. The summed E-state index contributed by atoms with van der Waals surface area (Å²) in [6.45, 7) is 0.531. The van der Waals surface area contributed by atoms with Crippen LogP contribution in [0.3, 0.4) is 0 Å². The van der Waals surface area contributed by atoms with E-state index in [-0.39, 0.29) is 6.42 Å². The standard InChI is InChI=1S/C19H19N3O2/c20-19-16-10-5-4-9-15(16)17(13-14-7-2-1-3-8-14)22(21-19)12-6-11-18(23)24/h1-5,7-10H,6,11-13H2,(H2-,20,21,23,24)/p+1. The highest BCUT2D eigenvalue weighted by molar-refractivity contribution is 5.91. The number of aryl methyl sites for hydroxylation is 1. The Hall–Kier alpha value is -2.95. The Labute approximate surface area is 140 Å². The van der Waals surface area contributed by atoms with Crippen molar-refractivity contribution in [2.75, 3.05) is 5.73 Å². The van der Waals surface area contributed by atoms with Crippen LogP contribution in [0.5, 0.6) is 0 Å². The molecular weight excluding hydrogens is 302 g/mol. The molecule has 0 spiro atoms. The maximum absolute atomic E-state index is 10.8. The fraction of sp³-hybridized carbons (Fsp3) is 0.211. The van der Waals surface area contributed by atoms with Crippen LogP contribution in [0, 0.1) is 0 Å². The molecule has 0 atom stereocenters. The number of aromatic nitrogens is 2. The summed E-state index contributed by atoms with van der Waals surface area (Å²) in [5, 5.41) is 15.4. The molecule has 3 aromatic rings. The number of fused-ring (bicyclic) bond motifs is 1. The van der Waals surface area contributed by atoms with Crippen molar-refractivity contribution in [1.29, 1.82) is 0 Å². The molecule has 24 heavy (non-hydrogen) atoms. The first-order chi connectivity index (χ1) is 11.6. The van der Waals surface area contributed by atoms with Crippen molar-refractivity contribution in [1.82, 2.24) is 5.10 Å². The maximum atomic E-state index is 10.8. The molecule has 5 heteroatoms. The lowest BCUT2D eigenvalue weighted by Crippen LogP contribution is -2.43. The van der Waals surface area contributed by atoms with Crippen LogP contribution in [0.15, 0.2) is 54.6 Å². The molecular formula is C19H20N3O2+. The Balaban J connectivity index is 2.04. The zero-order chi connectivity index (χ0) is 16.9. The number of nitrogen functional groups attached to an aromatic ring is 1. The summed E-state index contributed by atoms with van der Waals surface area (Å²) in [4.78, 5) is 10.8. The predicted octanol–water partition coefficient (Wildman–Crippen LogP) is 2.56. The molecule has 0 radical (unpaired) electrons. The van der Waals surface area contributed by atoms with Gasteiger partial charge in [0.1, 0.15) is 0 Å². The number of carboxylic acids is 1. The minimum Gasteiger partial charge on any atom is -0.481 e. The van der Waals surface area contributed by atoms with Crippen molar-refractivity contribution >= 4 is 22.6 Å². The number of hydrogen-bond acceptors (Lipinski definition) is 3. The third-order valence-electron chi connectivity index (χ3n) is 4.03. The van der Waals surface area contributed by atoms with Gasteiger partial charge in [-0.2, -0.15) is 0 Å². The Morgan fingerprint density at radius 3 is 2.42 bits per heavy atom. The summed E-state index contributed by atoms with van der Waals surface area (Å²) in [5.41, 5.74) is 8.34. The van der Waals surface area contributed by atoms with E-state index in [0.717, 1.165) is 22.9 Å². The normalized spacial score (nSPS) is 10.8. The molecule has 3 rings (SSSR count). The van der Waals surface area contributed by atoms with Crippen molar-refractivity contribution in [3.63, 3.8) is 0 Å². The molecule has 0 saturated carbocycles. The quantitative estimate of drug-likeness (QED) is 0.684. The molecule has 0 fully saturated rings. The molecule has 0 saturated heterocycles. The second kappa shape index (κ2) is 7.08. The summed E-state index contributed by atoms with van der Waals surface area (Å²) in [5.74, 6) is -0.327. The molecule has 0 bridgehead atoms. The smallest absolute Gasteiger partial charge is 0.303 e. The van der Waals surface area contributed by atoms with Crippen LogP contribution in [-0.4, -0.2) is 16.2 Å². The molecule has 122 valence electrons. The van der Waals surface area contributed by atoms with E-state index in [2.05, 4.69) is 17.2 Å². The van der Waals surface area contributed by atoms with Crippen LogP contribution in [0.1, 0.15) is 24.1 Å². The lowest BCUT2D eigenvalue weighted by molar-refractivity contribution is -0.757. The third kappa shape index (κ3) is 3.51. The summed E-state index contributed by atoms with van der Waals surface area (Å²) < 4.78 is 1.85. The number of nitrogens with zero attached hydrogens (tertiary/aromatic N) is 2. The van der Waals surface area contributed by atoms with Gasteiger partial charge in [0, 0.05) is 16.9 Å². The van der Waals surface area contributed by atoms with Gasteiger partial charge in [-0.15, -0.1) is 0 Å². The highest BCUT2D eigenvalue weighted by Crippen LogP contribution is 2.22. The highest BCUT2D eigenvalue weighted by Gasteiger charge is 2.20. The summed E-state index contributed by atoms with van der Waals surface area (Å²) >= 11 is 0. The average molecular weight is 322 g/mol. The number of rotatable bonds is 6. The zero-order valence-corrected chi connectivity index (χ0v) is 13.4. The van der Waals surface area contributed by atoms with Crippen LogP contribution in [0.2, 0.25) is 0 Å². The van der Waals surface area contributed by atoms with Crippen LogP contribution in [0.25, 0.3) is 10.8 Å². The first-order valence-electron chi connectivity index (χ1n) is 7.98. The van der Waals surface area contributed by atoms with Gasteiger partial charge in [-0.25, -0.2) is 0 Å². The molecule has 0 amide bonds. The highest BCUT2D eigenvalue weighted by atomic mass is 16.4. The SMILES string of the molecule is Nc1n[n+](CCCC(=O)O)c(Cc2ccccc2)c2ccccc12. The monoisotopic (exact) mass is 322 g/mol. The minimum absolute atomic E-state index is 0.117. The van der Waals surface area contributed by atoms with Gasteiger partial charge >= 0.3 is 5.97 Å². The average Bonchev–Trinajstić information content (AvgIpc) is 2.59. The Morgan fingerprint density at radius 1 is 1.04 bits per heavy atom. The van der Waals surface area contributed by atoms with Crippen molar-refractivity contribution < 1.29 is 14.6 Å². The van der Waals surface area contributed by atoms with Crippen molar-refractivity contribution in [2.45, 2.75) is 25.8 Å². The number of nitrogens with two attached hydrogens (primary N) is 1. The fourth-order valence-electron chi connectivity index (χ4n) is 2.88. The van der Waals surface area contributed by atoms with Crippen molar-refractivity contribution in [3.8, 4) is 0 Å². The summed E-state index contributed by atoms with van der Waals surface area (Å²) in [7, 11) is 0. The van der Waals surface area contributed by atoms with Crippen LogP contribution < -0.4 is 10.4 Å². The Morgan fingerprint density at radius 2 is 1.71 bits per heavy atom. The summed E-state index contributed by atoms with van der Waals surface area (Å²) in [6, 6.07) is 18.1. The van der Waals surface area contributed by atoms with Gasteiger partial charge in [0.25, 0.3) is 0 Å². The van der Waals surface area contributed by atoms with Crippen LogP contribution >= 0.6 is 0 Å². The molecule has 0 aliphatic rings. The number of anilines is 1. The van der Waals surface area contributed by atoms with E-state index >= 15 is 0 Å². The number of hydrogen-bond donors (Lipinski definition) is 2. The van der Waals surface area contributed by atoms with E-state index in [9.17, 15) is 4.79 Å². The number of carbonyl (C=O) groups is 1. The minimum atomic E-state index is -0.797. The number of carboxylic acid groups (broad SMARTS) is 1. The van der Waals surface area contributed by atoms with Crippen LogP contribution in [-0.2, 0) is 17.8 Å². The van der Waals surface area contributed by atoms with Gasteiger partial charge in [0.2, 0.25) is 5.69 Å². The van der Waals surface area contributed by atoms with E-state index < -0.39 is 5.97 Å². The third-order valence-corrected chi connectivity index (χ3v) is 4.03. The lowest BCUT2D eigenvalue weighted by Gasteiger charge is -2.08. The number of aliphatic carboxylic acids is 1. The molecule has 3 N–H and O–H groups in total. The summed E-state index contributed by atoms with van der Waals surface area (Å²) in [6.07, 6.45) is 1.36. The van der Waals surface area contributed by atoms with Gasteiger partial charge in [-0.3, -0.25) is 4.79 Å². The van der Waals surface area contributed by atoms with Crippen molar-refractivity contribution in [2.24, 2.45) is 0 Å². The largest absolute Gasteiger partial charge is 0.481 e. The lowest BCUT2D eigenvalue weighted by atomic mass is 10.0. The van der Waals surface area contributed by atoms with Gasteiger partial charge < -0.3 is 10.8 Å². The molecule has 5 nitrogen and oxygen atoms in total. The Bertz CT molecular complexity index is 863. The number of benzene rings is 2. The molecule has 2 aromatic carbocycles. The second-order valence-corrected chi connectivity index (χ2v) is 5.76. The van der Waals surface area contributed by atoms with Gasteiger partial charge in [-0.1, -0.05) is 53.2 Å². The van der Waals surface area contributed by atoms with Crippen molar-refractivity contribution in [3.05, 3.63) is 65.9 Å². The first-order valence-corrected chi connectivity index (χ1v) is 7.98. The second-order valence-electron chi connectivity index (χ2n) is 5.76. The van der Waals surface area contributed by atoms with Gasteiger partial charge in [0.15, 0.2) is 12.4 Å². The van der Waals surface area contributed by atoms with E-state index in [1.807, 2.05) is 47.1 Å². The molecule has 0 aliphatic carbocycles. The van der Waals surface area contributed by atoms with E-state index in [4.69, 9.17) is 10.8 Å². The molecule has 1 aromatic heterocycles. The van der Waals surface area contributed by atoms with Gasteiger partial charge in [0.05, 0.1) is 18.2 Å². The van der Waals surface area contributed by atoms with Gasteiger partial charge in [-0.05, 0) is 11.6 Å². The van der Waals surface area contributed by atoms with E-state index in [1.54, 1.807) is 0 Å². The van der Waals surface area contributed by atoms with E-state index in [0.29, 0.717) is 18.8 Å². The molecule has 0 unspecified atom stereocenters. The van der Waals surface area contributed by atoms with E-state index in [1.165, 1.54) is 5.56 Å². The topological polar surface area (TPSA) is 80.1 Å². The molecule has 0 aliphatic heterocycles. The molecule has 1 heterocycles. The maximum Gasteiger partial charge on any atom is 0.303 e. The Kier molecular flexibility index (Phi) is 4.70. The predicted molar refractivity (Wildman–Crippen MR) is 92.5 cm³/mol. The van der Waals surface area contributed by atoms with Crippen LogP contribution in [0.4, 0.5) is 5.82 Å². The fourth-order valence-corrected chi connectivity index (χ4v) is 2.88. The zero-order valence-electron chi connectivity index (χ0n) is 13.4.